The Hall–Kier alpha value is -3.19. The van der Waals surface area contributed by atoms with E-state index < -0.39 is 0 Å². The summed E-state index contributed by atoms with van der Waals surface area (Å²) in [4.78, 5) is 21.0. The highest BCUT2D eigenvalue weighted by molar-refractivity contribution is 7.09. The predicted octanol–water partition coefficient (Wildman–Crippen LogP) is 3.92. The first-order valence-corrected chi connectivity index (χ1v) is 10.4. The van der Waals surface area contributed by atoms with Crippen LogP contribution in [0.5, 0.6) is 5.75 Å². The lowest BCUT2D eigenvalue weighted by molar-refractivity contribution is -0.121. The first kappa shape index (κ1) is 19.1. The van der Waals surface area contributed by atoms with Crippen LogP contribution in [0.4, 0.5) is 0 Å². The van der Waals surface area contributed by atoms with Gasteiger partial charge in [-0.1, -0.05) is 0 Å². The van der Waals surface area contributed by atoms with Crippen molar-refractivity contribution in [3.8, 4) is 17.0 Å². The number of amides is 1. The second-order valence-electron chi connectivity index (χ2n) is 6.68. The normalized spacial score (nSPS) is 10.9. The number of methoxy groups -OCH3 is 1. The molecule has 7 heteroatoms. The minimum atomic E-state index is 0.00920. The molecule has 6 nitrogen and oxygen atoms in total. The van der Waals surface area contributed by atoms with Gasteiger partial charge in [-0.3, -0.25) is 9.78 Å². The first-order chi connectivity index (χ1) is 14.2. The Morgan fingerprint density at radius 1 is 1.21 bits per heavy atom. The molecule has 1 N–H and O–H groups in total. The van der Waals surface area contributed by atoms with Gasteiger partial charge in [-0.05, 0) is 42.8 Å². The summed E-state index contributed by atoms with van der Waals surface area (Å²) in [6.07, 6.45) is 7.18. The van der Waals surface area contributed by atoms with Gasteiger partial charge in [0.15, 0.2) is 0 Å². The van der Waals surface area contributed by atoms with Gasteiger partial charge in [-0.2, -0.15) is 0 Å². The third-order valence-electron chi connectivity index (χ3n) is 4.71. The molecule has 1 aromatic carbocycles. The van der Waals surface area contributed by atoms with Crippen molar-refractivity contribution in [2.24, 2.45) is 0 Å². The molecule has 29 heavy (non-hydrogen) atoms. The Labute approximate surface area is 173 Å². The van der Waals surface area contributed by atoms with Gasteiger partial charge in [-0.15, -0.1) is 11.3 Å². The number of aromatic nitrogens is 3. The van der Waals surface area contributed by atoms with Crippen molar-refractivity contribution >= 4 is 28.1 Å². The van der Waals surface area contributed by atoms with Crippen LogP contribution in [0.15, 0.2) is 60.4 Å². The first-order valence-electron chi connectivity index (χ1n) is 9.47. The maximum Gasteiger partial charge on any atom is 0.239 e. The molecule has 0 aliphatic heterocycles. The molecule has 0 saturated carbocycles. The van der Waals surface area contributed by atoms with E-state index in [9.17, 15) is 4.79 Å². The summed E-state index contributed by atoms with van der Waals surface area (Å²) >= 11 is 1.65. The molecule has 0 radical (unpaired) electrons. The number of aryl methyl sites for hydroxylation is 1. The second-order valence-corrected chi connectivity index (χ2v) is 7.63. The number of thiazole rings is 1. The number of carbonyl (C=O) groups is 1. The molecule has 0 unspecified atom stereocenters. The lowest BCUT2D eigenvalue weighted by Gasteiger charge is -2.07. The zero-order valence-electron chi connectivity index (χ0n) is 16.2. The van der Waals surface area contributed by atoms with Gasteiger partial charge in [0.25, 0.3) is 0 Å². The average molecular weight is 407 g/mol. The predicted molar refractivity (Wildman–Crippen MR) is 115 cm³/mol. The molecular formula is C22H22N4O2S. The molecule has 3 aromatic heterocycles. The van der Waals surface area contributed by atoms with E-state index in [2.05, 4.69) is 20.7 Å². The van der Waals surface area contributed by atoms with Crippen LogP contribution in [-0.2, 0) is 17.8 Å². The van der Waals surface area contributed by atoms with Crippen molar-refractivity contribution in [1.82, 2.24) is 19.9 Å². The van der Waals surface area contributed by atoms with Crippen LogP contribution >= 0.6 is 11.3 Å². The SMILES string of the molecule is COc1ccc2c(ccn2CC(=O)NCCCc2nc(-c3ccncc3)cs2)c1. The topological polar surface area (TPSA) is 69.0 Å². The van der Waals surface area contributed by atoms with Crippen LogP contribution in [0.2, 0.25) is 0 Å². The van der Waals surface area contributed by atoms with Crippen molar-refractivity contribution in [3.63, 3.8) is 0 Å². The lowest BCUT2D eigenvalue weighted by atomic mass is 10.2. The number of pyridine rings is 1. The van der Waals surface area contributed by atoms with Crippen LogP contribution < -0.4 is 10.1 Å². The van der Waals surface area contributed by atoms with Crippen molar-refractivity contribution in [2.45, 2.75) is 19.4 Å². The number of hydrogen-bond donors (Lipinski definition) is 1. The smallest absolute Gasteiger partial charge is 0.239 e. The molecular weight excluding hydrogens is 384 g/mol. The molecule has 4 aromatic rings. The van der Waals surface area contributed by atoms with Crippen molar-refractivity contribution < 1.29 is 9.53 Å². The van der Waals surface area contributed by atoms with E-state index in [1.54, 1.807) is 30.8 Å². The second kappa shape index (κ2) is 8.87. The highest BCUT2D eigenvalue weighted by Crippen LogP contribution is 2.22. The molecule has 0 bridgehead atoms. The number of carbonyl (C=O) groups excluding carboxylic acids is 1. The average Bonchev–Trinajstić information content (AvgIpc) is 3.39. The number of rotatable bonds is 8. The van der Waals surface area contributed by atoms with Gasteiger partial charge in [0, 0.05) is 53.4 Å². The number of hydrogen-bond acceptors (Lipinski definition) is 5. The summed E-state index contributed by atoms with van der Waals surface area (Å²) < 4.78 is 7.20. The quantitative estimate of drug-likeness (QED) is 0.450. The van der Waals surface area contributed by atoms with E-state index in [-0.39, 0.29) is 5.91 Å². The van der Waals surface area contributed by atoms with Crippen LogP contribution in [0.25, 0.3) is 22.2 Å². The van der Waals surface area contributed by atoms with Gasteiger partial charge in [0.2, 0.25) is 5.91 Å². The van der Waals surface area contributed by atoms with E-state index >= 15 is 0 Å². The summed E-state index contributed by atoms with van der Waals surface area (Å²) in [5.41, 5.74) is 3.08. The highest BCUT2D eigenvalue weighted by Gasteiger charge is 2.08. The third-order valence-corrected chi connectivity index (χ3v) is 5.62. The van der Waals surface area contributed by atoms with Crippen LogP contribution in [-0.4, -0.2) is 34.1 Å². The Morgan fingerprint density at radius 2 is 2.07 bits per heavy atom. The number of ether oxygens (including phenoxy) is 1. The molecule has 0 aliphatic rings. The largest absolute Gasteiger partial charge is 0.497 e. The Bertz CT molecular complexity index is 1100. The standard InChI is InChI=1S/C22H22N4O2S/c1-28-18-4-5-20-17(13-18)8-12-26(20)14-21(27)24-9-2-3-22-25-19(15-29-22)16-6-10-23-11-7-16/h4-8,10-13,15H,2-3,9,14H2,1H3,(H,24,27). The fourth-order valence-corrected chi connectivity index (χ4v) is 4.05. The highest BCUT2D eigenvalue weighted by atomic mass is 32.1. The summed E-state index contributed by atoms with van der Waals surface area (Å²) in [5.74, 6) is 0.823. The van der Waals surface area contributed by atoms with E-state index in [1.165, 1.54) is 0 Å². The summed E-state index contributed by atoms with van der Waals surface area (Å²) in [6, 6.07) is 11.8. The Balaban J connectivity index is 1.25. The number of nitrogens with zero attached hydrogens (tertiary/aromatic N) is 3. The van der Waals surface area contributed by atoms with Crippen molar-refractivity contribution in [1.29, 1.82) is 0 Å². The van der Waals surface area contributed by atoms with Crippen molar-refractivity contribution in [3.05, 3.63) is 65.4 Å². The van der Waals surface area contributed by atoms with E-state index in [4.69, 9.17) is 4.74 Å². The van der Waals surface area contributed by atoms with Gasteiger partial charge in [-0.25, -0.2) is 4.98 Å². The molecule has 0 aliphatic carbocycles. The number of nitrogens with one attached hydrogen (secondary N) is 1. The van der Waals surface area contributed by atoms with Gasteiger partial charge in [0.1, 0.15) is 12.3 Å². The fraction of sp³-hybridized carbons (Fsp3) is 0.227. The molecule has 0 spiro atoms. The minimum absolute atomic E-state index is 0.00920. The molecule has 3 heterocycles. The Kier molecular flexibility index (Phi) is 5.86. The van der Waals surface area contributed by atoms with Crippen LogP contribution in [0.3, 0.4) is 0 Å². The molecule has 148 valence electrons. The van der Waals surface area contributed by atoms with Gasteiger partial charge in [0.05, 0.1) is 17.8 Å². The van der Waals surface area contributed by atoms with Crippen molar-refractivity contribution in [2.75, 3.05) is 13.7 Å². The maximum absolute atomic E-state index is 12.3. The molecule has 4 rings (SSSR count). The molecule has 0 atom stereocenters. The van der Waals surface area contributed by atoms with Gasteiger partial charge < -0.3 is 14.6 Å². The minimum Gasteiger partial charge on any atom is -0.497 e. The summed E-state index contributed by atoms with van der Waals surface area (Å²) in [7, 11) is 1.65. The molecule has 1 amide bonds. The van der Waals surface area contributed by atoms with Crippen LogP contribution in [0, 0.1) is 0 Å². The van der Waals surface area contributed by atoms with E-state index in [0.29, 0.717) is 13.1 Å². The van der Waals surface area contributed by atoms with Gasteiger partial charge >= 0.3 is 0 Å². The Morgan fingerprint density at radius 3 is 2.90 bits per heavy atom. The van der Waals surface area contributed by atoms with Crippen LogP contribution in [0.1, 0.15) is 11.4 Å². The maximum atomic E-state index is 12.3. The zero-order chi connectivity index (χ0) is 20.1. The monoisotopic (exact) mass is 406 g/mol. The zero-order valence-corrected chi connectivity index (χ0v) is 17.0. The fourth-order valence-electron chi connectivity index (χ4n) is 3.20. The number of benzene rings is 1. The third kappa shape index (κ3) is 4.63. The van der Waals surface area contributed by atoms with E-state index in [0.717, 1.165) is 45.8 Å². The molecule has 0 saturated heterocycles. The summed E-state index contributed by atoms with van der Waals surface area (Å²) in [6.45, 7) is 0.940. The lowest BCUT2D eigenvalue weighted by Crippen LogP contribution is -2.28. The number of fused-ring (bicyclic) bond motifs is 1. The molecule has 0 fully saturated rings. The summed E-state index contributed by atoms with van der Waals surface area (Å²) in [5, 5.41) is 7.21. The van der Waals surface area contributed by atoms with E-state index in [1.807, 2.05) is 47.2 Å².